The maximum atomic E-state index is 11.1. The number of carbonyl (C=O) groups is 2. The monoisotopic (exact) mass is 261 g/mol. The van der Waals surface area contributed by atoms with Gasteiger partial charge >= 0.3 is 5.97 Å². The van der Waals surface area contributed by atoms with Crippen molar-refractivity contribution in [1.82, 2.24) is 0 Å². The first-order valence-electron chi connectivity index (χ1n) is 4.29. The minimum atomic E-state index is -1.57. The van der Waals surface area contributed by atoms with Gasteiger partial charge in [0.1, 0.15) is 4.87 Å². The number of amides is 1. The SMILES string of the molecule is CC(Cl)(C(N)=O)c1ccc(Cl)cc1C(=O)O. The van der Waals surface area contributed by atoms with Crippen LogP contribution in [0.5, 0.6) is 0 Å². The molecule has 1 atom stereocenters. The molecule has 0 aliphatic carbocycles. The zero-order valence-corrected chi connectivity index (χ0v) is 9.84. The highest BCUT2D eigenvalue weighted by molar-refractivity contribution is 6.35. The van der Waals surface area contributed by atoms with Crippen LogP contribution in [-0.4, -0.2) is 17.0 Å². The number of primary amides is 1. The van der Waals surface area contributed by atoms with E-state index in [0.717, 1.165) is 0 Å². The van der Waals surface area contributed by atoms with Crippen LogP contribution >= 0.6 is 23.2 Å². The third-order valence-corrected chi connectivity index (χ3v) is 2.81. The highest BCUT2D eigenvalue weighted by Crippen LogP contribution is 2.32. The van der Waals surface area contributed by atoms with E-state index in [0.29, 0.717) is 0 Å². The third kappa shape index (κ3) is 2.28. The zero-order chi connectivity index (χ0) is 12.5. The van der Waals surface area contributed by atoms with Crippen molar-refractivity contribution in [2.24, 2.45) is 5.73 Å². The van der Waals surface area contributed by atoms with Crippen molar-refractivity contribution < 1.29 is 14.7 Å². The number of carboxylic acid groups (broad SMARTS) is 1. The second-order valence-corrected chi connectivity index (χ2v) is 4.55. The molecule has 1 aromatic carbocycles. The second-order valence-electron chi connectivity index (χ2n) is 3.36. The summed E-state index contributed by atoms with van der Waals surface area (Å²) < 4.78 is 0. The Morgan fingerprint density at radius 1 is 1.44 bits per heavy atom. The Morgan fingerprint density at radius 2 is 2.00 bits per heavy atom. The molecule has 0 fully saturated rings. The molecule has 0 spiro atoms. The van der Waals surface area contributed by atoms with Crippen LogP contribution in [0.2, 0.25) is 5.02 Å². The van der Waals surface area contributed by atoms with Gasteiger partial charge in [-0.15, -0.1) is 11.6 Å². The predicted octanol–water partition coefficient (Wildman–Crippen LogP) is 1.98. The molecular formula is C10H9Cl2NO3. The van der Waals surface area contributed by atoms with Gasteiger partial charge in [-0.25, -0.2) is 4.79 Å². The molecule has 1 rings (SSSR count). The van der Waals surface area contributed by atoms with Crippen LogP contribution in [0.15, 0.2) is 18.2 Å². The lowest BCUT2D eigenvalue weighted by molar-refractivity contribution is -0.120. The fourth-order valence-corrected chi connectivity index (χ4v) is 1.57. The van der Waals surface area contributed by atoms with Gasteiger partial charge < -0.3 is 10.8 Å². The van der Waals surface area contributed by atoms with Crippen LogP contribution in [0.25, 0.3) is 0 Å². The van der Waals surface area contributed by atoms with Gasteiger partial charge in [0.15, 0.2) is 0 Å². The number of hydrogen-bond donors (Lipinski definition) is 2. The average molecular weight is 262 g/mol. The molecule has 0 aliphatic rings. The number of hydrogen-bond acceptors (Lipinski definition) is 2. The van der Waals surface area contributed by atoms with Gasteiger partial charge in [0.05, 0.1) is 5.56 Å². The minimum Gasteiger partial charge on any atom is -0.478 e. The Kier molecular flexibility index (Phi) is 3.45. The molecular weight excluding hydrogens is 253 g/mol. The van der Waals surface area contributed by atoms with Crippen molar-refractivity contribution in [3.8, 4) is 0 Å². The van der Waals surface area contributed by atoms with Crippen molar-refractivity contribution in [2.75, 3.05) is 0 Å². The molecule has 0 aliphatic heterocycles. The van der Waals surface area contributed by atoms with Gasteiger partial charge in [-0.1, -0.05) is 17.7 Å². The van der Waals surface area contributed by atoms with Gasteiger partial charge in [-0.2, -0.15) is 0 Å². The summed E-state index contributed by atoms with van der Waals surface area (Å²) in [4.78, 5) is 20.5. The first-order chi connectivity index (χ1) is 7.26. The maximum absolute atomic E-state index is 11.1. The van der Waals surface area contributed by atoms with E-state index >= 15 is 0 Å². The molecule has 1 unspecified atom stereocenters. The van der Waals surface area contributed by atoms with Crippen LogP contribution in [0.3, 0.4) is 0 Å². The van der Waals surface area contributed by atoms with Gasteiger partial charge in [0.2, 0.25) is 5.91 Å². The summed E-state index contributed by atoms with van der Waals surface area (Å²) in [7, 11) is 0. The smallest absolute Gasteiger partial charge is 0.336 e. The Morgan fingerprint density at radius 3 is 2.44 bits per heavy atom. The van der Waals surface area contributed by atoms with Gasteiger partial charge in [0, 0.05) is 5.02 Å². The van der Waals surface area contributed by atoms with E-state index in [2.05, 4.69) is 0 Å². The number of benzene rings is 1. The predicted molar refractivity (Wildman–Crippen MR) is 60.8 cm³/mol. The Labute approximate surface area is 102 Å². The van der Waals surface area contributed by atoms with E-state index in [1.807, 2.05) is 0 Å². The van der Waals surface area contributed by atoms with Gasteiger partial charge in [0.25, 0.3) is 0 Å². The Hall–Kier alpha value is -1.26. The van der Waals surface area contributed by atoms with Crippen LogP contribution in [0, 0.1) is 0 Å². The molecule has 0 saturated carbocycles. The van der Waals surface area contributed by atoms with Crippen molar-refractivity contribution in [1.29, 1.82) is 0 Å². The first kappa shape index (κ1) is 12.8. The summed E-state index contributed by atoms with van der Waals surface area (Å²) in [6, 6.07) is 4.05. The summed E-state index contributed by atoms with van der Waals surface area (Å²) in [5.74, 6) is -2.04. The number of carbonyl (C=O) groups excluding carboxylic acids is 1. The number of halogens is 2. The van der Waals surface area contributed by atoms with E-state index < -0.39 is 16.8 Å². The van der Waals surface area contributed by atoms with E-state index in [1.165, 1.54) is 25.1 Å². The molecule has 16 heavy (non-hydrogen) atoms. The Balaban J connectivity index is 3.45. The summed E-state index contributed by atoms with van der Waals surface area (Å²) in [5, 5.41) is 9.21. The fraction of sp³-hybridized carbons (Fsp3) is 0.200. The summed E-state index contributed by atoms with van der Waals surface area (Å²) in [6.07, 6.45) is 0. The summed E-state index contributed by atoms with van der Waals surface area (Å²) in [5.41, 5.74) is 5.10. The molecule has 0 bridgehead atoms. The highest BCUT2D eigenvalue weighted by atomic mass is 35.5. The van der Waals surface area contributed by atoms with Crippen LogP contribution in [0.1, 0.15) is 22.8 Å². The lowest BCUT2D eigenvalue weighted by Crippen LogP contribution is -2.34. The number of aromatic carboxylic acids is 1. The fourth-order valence-electron chi connectivity index (χ4n) is 1.24. The summed E-state index contributed by atoms with van der Waals surface area (Å²) >= 11 is 11.6. The highest BCUT2D eigenvalue weighted by Gasteiger charge is 2.34. The normalized spacial score (nSPS) is 14.2. The number of nitrogens with two attached hydrogens (primary N) is 1. The van der Waals surface area contributed by atoms with Crippen LogP contribution in [0.4, 0.5) is 0 Å². The molecule has 0 saturated heterocycles. The van der Waals surface area contributed by atoms with Crippen molar-refractivity contribution in [3.63, 3.8) is 0 Å². The summed E-state index contributed by atoms with van der Waals surface area (Å²) in [6.45, 7) is 1.34. The third-order valence-electron chi connectivity index (χ3n) is 2.18. The van der Waals surface area contributed by atoms with Crippen molar-refractivity contribution >= 4 is 35.1 Å². The first-order valence-corrected chi connectivity index (χ1v) is 5.04. The molecule has 3 N–H and O–H groups in total. The van der Waals surface area contributed by atoms with Crippen LogP contribution in [-0.2, 0) is 9.67 Å². The number of alkyl halides is 1. The molecule has 1 amide bonds. The van der Waals surface area contributed by atoms with Crippen LogP contribution < -0.4 is 5.73 Å². The number of carboxylic acids is 1. The quantitative estimate of drug-likeness (QED) is 0.817. The van der Waals surface area contributed by atoms with E-state index in [-0.39, 0.29) is 16.1 Å². The molecule has 0 radical (unpaired) electrons. The molecule has 1 aromatic rings. The van der Waals surface area contributed by atoms with E-state index in [9.17, 15) is 9.59 Å². The van der Waals surface area contributed by atoms with Gasteiger partial charge in [-0.05, 0) is 24.6 Å². The Bertz CT molecular complexity index is 457. The van der Waals surface area contributed by atoms with Crippen molar-refractivity contribution in [3.05, 3.63) is 34.3 Å². The molecule has 0 aromatic heterocycles. The standard InChI is InChI=1S/C10H9Cl2NO3/c1-10(12,9(13)16)7-3-2-5(11)4-6(7)8(14)15/h2-4H,1H3,(H2,13,16)(H,14,15). The molecule has 86 valence electrons. The lowest BCUT2D eigenvalue weighted by atomic mass is 9.94. The van der Waals surface area contributed by atoms with Gasteiger partial charge in [-0.3, -0.25) is 4.79 Å². The largest absolute Gasteiger partial charge is 0.478 e. The lowest BCUT2D eigenvalue weighted by Gasteiger charge is -2.20. The zero-order valence-electron chi connectivity index (χ0n) is 8.33. The second kappa shape index (κ2) is 4.31. The maximum Gasteiger partial charge on any atom is 0.336 e. The van der Waals surface area contributed by atoms with Crippen molar-refractivity contribution in [2.45, 2.75) is 11.8 Å². The average Bonchev–Trinajstić information content (AvgIpc) is 2.16. The topological polar surface area (TPSA) is 80.4 Å². The molecule has 6 heteroatoms. The molecule has 4 nitrogen and oxygen atoms in total. The van der Waals surface area contributed by atoms with E-state index in [1.54, 1.807) is 0 Å². The number of rotatable bonds is 3. The minimum absolute atomic E-state index is 0.124. The molecule has 0 heterocycles. The van der Waals surface area contributed by atoms with E-state index in [4.69, 9.17) is 34.0 Å².